The van der Waals surface area contributed by atoms with Crippen molar-refractivity contribution in [3.05, 3.63) is 59.7 Å². The van der Waals surface area contributed by atoms with Crippen LogP contribution in [0.5, 0.6) is 0 Å². The lowest BCUT2D eigenvalue weighted by molar-refractivity contribution is -0.124. The molecule has 2 atom stereocenters. The summed E-state index contributed by atoms with van der Waals surface area (Å²) >= 11 is 0. The van der Waals surface area contributed by atoms with Gasteiger partial charge in [-0.1, -0.05) is 55.0 Å². The summed E-state index contributed by atoms with van der Waals surface area (Å²) in [6, 6.07) is 18.0. The number of aliphatic hydroxyl groups is 1. The molecule has 2 aromatic rings. The summed E-state index contributed by atoms with van der Waals surface area (Å²) in [7, 11) is 0. The summed E-state index contributed by atoms with van der Waals surface area (Å²) in [5.74, 6) is -0.0749. The number of nitriles is 1. The number of nitrogens with zero attached hydrogens (tertiary/aromatic N) is 1. The Hall–Kier alpha value is -2.68. The second kappa shape index (κ2) is 10.8. The highest BCUT2D eigenvalue weighted by Gasteiger charge is 2.22. The van der Waals surface area contributed by atoms with Crippen molar-refractivity contribution in [2.45, 2.75) is 50.6 Å². The molecule has 1 aliphatic rings. The molecule has 3 N–H and O–H groups in total. The van der Waals surface area contributed by atoms with Gasteiger partial charge in [-0.2, -0.15) is 5.26 Å². The summed E-state index contributed by atoms with van der Waals surface area (Å²) < 4.78 is 0. The molecule has 0 spiro atoms. The summed E-state index contributed by atoms with van der Waals surface area (Å²) in [4.78, 5) is 12.4. The third-order valence-electron chi connectivity index (χ3n) is 5.40. The second-order valence-electron chi connectivity index (χ2n) is 7.62. The van der Waals surface area contributed by atoms with Crippen LogP contribution in [-0.4, -0.2) is 36.2 Å². The average molecular weight is 392 g/mol. The Labute approximate surface area is 172 Å². The number of carbonyl (C=O) groups is 1. The average Bonchev–Trinajstić information content (AvgIpc) is 2.78. The molecule has 0 aromatic heterocycles. The molecule has 1 fully saturated rings. The minimum absolute atomic E-state index is 0.0749. The van der Waals surface area contributed by atoms with Crippen molar-refractivity contribution in [2.75, 3.05) is 13.2 Å². The van der Waals surface area contributed by atoms with Gasteiger partial charge in [0.15, 0.2) is 0 Å². The molecule has 29 heavy (non-hydrogen) atoms. The Morgan fingerprint density at radius 2 is 1.76 bits per heavy atom. The van der Waals surface area contributed by atoms with E-state index in [9.17, 15) is 10.1 Å². The maximum absolute atomic E-state index is 12.4. The Kier molecular flexibility index (Phi) is 7.80. The lowest BCUT2D eigenvalue weighted by Crippen LogP contribution is -2.49. The van der Waals surface area contributed by atoms with Crippen LogP contribution in [0.4, 0.5) is 0 Å². The van der Waals surface area contributed by atoms with E-state index in [1.165, 1.54) is 5.56 Å². The number of carbonyl (C=O) groups excluding carboxylic acids is 1. The molecular formula is C24H29N3O2. The number of nitrogens with one attached hydrogen (secondary N) is 2. The topological polar surface area (TPSA) is 85.2 Å². The third kappa shape index (κ3) is 6.15. The van der Waals surface area contributed by atoms with Crippen molar-refractivity contribution < 1.29 is 9.90 Å². The lowest BCUT2D eigenvalue weighted by atomic mass is 9.99. The summed E-state index contributed by atoms with van der Waals surface area (Å²) in [5.41, 5.74) is 4.50. The van der Waals surface area contributed by atoms with E-state index in [-0.39, 0.29) is 18.6 Å². The van der Waals surface area contributed by atoms with Crippen LogP contribution < -0.4 is 10.6 Å². The van der Waals surface area contributed by atoms with Crippen LogP contribution in [0.15, 0.2) is 48.5 Å². The molecule has 0 saturated carbocycles. The fourth-order valence-corrected chi connectivity index (χ4v) is 3.69. The van der Waals surface area contributed by atoms with Gasteiger partial charge < -0.3 is 15.7 Å². The van der Waals surface area contributed by atoms with Gasteiger partial charge in [0.25, 0.3) is 0 Å². The number of aryl methyl sites for hydroxylation is 1. The number of hydrogen-bond acceptors (Lipinski definition) is 4. The molecule has 0 bridgehead atoms. The molecule has 1 saturated heterocycles. The first-order valence-electron chi connectivity index (χ1n) is 10.4. The van der Waals surface area contributed by atoms with Gasteiger partial charge in [-0.25, -0.2) is 0 Å². The first-order chi connectivity index (χ1) is 14.2. The first kappa shape index (κ1) is 21.0. The third-order valence-corrected chi connectivity index (χ3v) is 5.40. The molecule has 0 radical (unpaired) electrons. The Balaban J connectivity index is 1.57. The van der Waals surface area contributed by atoms with Crippen molar-refractivity contribution >= 4 is 5.91 Å². The molecular weight excluding hydrogens is 362 g/mol. The summed E-state index contributed by atoms with van der Waals surface area (Å²) in [6.45, 7) is 1.07. The van der Waals surface area contributed by atoms with E-state index in [2.05, 4.69) is 53.1 Å². The van der Waals surface area contributed by atoms with E-state index in [0.717, 1.165) is 55.3 Å². The van der Waals surface area contributed by atoms with Gasteiger partial charge >= 0.3 is 0 Å². The molecule has 5 heteroatoms. The number of hydrogen-bond donors (Lipinski definition) is 3. The van der Waals surface area contributed by atoms with Crippen LogP contribution >= 0.6 is 0 Å². The smallest absolute Gasteiger partial charge is 0.238 e. The maximum atomic E-state index is 12.4. The van der Waals surface area contributed by atoms with Gasteiger partial charge in [-0.15, -0.1) is 0 Å². The zero-order chi connectivity index (χ0) is 20.5. The normalized spacial score (nSPS) is 17.3. The molecule has 1 aliphatic heterocycles. The van der Waals surface area contributed by atoms with Crippen LogP contribution in [0.25, 0.3) is 11.1 Å². The monoisotopic (exact) mass is 391 g/mol. The molecule has 0 aliphatic carbocycles. The minimum Gasteiger partial charge on any atom is -0.396 e. The molecule has 1 amide bonds. The SMILES string of the molecule is N#C[C@H](Cc1ccc(-c2ccc(CCCO)cc2)cc1)NC(=O)C1CCCCN1. The van der Waals surface area contributed by atoms with E-state index in [0.29, 0.717) is 6.42 Å². The number of benzene rings is 2. The second-order valence-corrected chi connectivity index (χ2v) is 7.62. The van der Waals surface area contributed by atoms with Crippen LogP contribution in [0.3, 0.4) is 0 Å². The largest absolute Gasteiger partial charge is 0.396 e. The fraction of sp³-hybridized carbons (Fsp3) is 0.417. The predicted octanol–water partition coefficient (Wildman–Crippen LogP) is 2.97. The summed E-state index contributed by atoms with van der Waals surface area (Å²) in [6.07, 6.45) is 5.14. The van der Waals surface area contributed by atoms with Crippen LogP contribution in [0.1, 0.15) is 36.8 Å². The van der Waals surface area contributed by atoms with Gasteiger partial charge in [-0.05, 0) is 54.5 Å². The molecule has 1 heterocycles. The molecule has 1 unspecified atom stereocenters. The molecule has 152 valence electrons. The zero-order valence-corrected chi connectivity index (χ0v) is 16.7. The van der Waals surface area contributed by atoms with E-state index in [4.69, 9.17) is 5.11 Å². The maximum Gasteiger partial charge on any atom is 0.238 e. The van der Waals surface area contributed by atoms with E-state index in [1.54, 1.807) is 0 Å². The van der Waals surface area contributed by atoms with Crippen molar-refractivity contribution in [2.24, 2.45) is 0 Å². The van der Waals surface area contributed by atoms with Gasteiger partial charge in [0, 0.05) is 13.0 Å². The number of rotatable bonds is 8. The lowest BCUT2D eigenvalue weighted by Gasteiger charge is -2.23. The van der Waals surface area contributed by atoms with Crippen molar-refractivity contribution in [1.29, 1.82) is 5.26 Å². The van der Waals surface area contributed by atoms with Crippen molar-refractivity contribution in [3.63, 3.8) is 0 Å². The molecule has 2 aromatic carbocycles. The van der Waals surface area contributed by atoms with Gasteiger partial charge in [0.1, 0.15) is 6.04 Å². The quantitative estimate of drug-likeness (QED) is 0.646. The number of aliphatic hydroxyl groups excluding tert-OH is 1. The number of amides is 1. The highest BCUT2D eigenvalue weighted by molar-refractivity contribution is 5.82. The van der Waals surface area contributed by atoms with E-state index in [1.807, 2.05) is 12.1 Å². The van der Waals surface area contributed by atoms with Crippen molar-refractivity contribution in [3.8, 4) is 17.2 Å². The van der Waals surface area contributed by atoms with Gasteiger partial charge in [0.2, 0.25) is 5.91 Å². The zero-order valence-electron chi connectivity index (χ0n) is 16.7. The highest BCUT2D eigenvalue weighted by atomic mass is 16.2. The Bertz CT molecular complexity index is 819. The highest BCUT2D eigenvalue weighted by Crippen LogP contribution is 2.21. The standard InChI is InChI=1S/C24H29N3O2/c25-17-22(27-24(29)23-5-1-2-14-26-23)16-19-8-12-21(13-9-19)20-10-6-18(7-11-20)4-3-15-28/h6-13,22-23,26,28H,1-5,14-16H2,(H,27,29)/t22-,23?/m0/s1. The molecule has 5 nitrogen and oxygen atoms in total. The van der Waals surface area contributed by atoms with Gasteiger partial charge in [0.05, 0.1) is 12.1 Å². The fourth-order valence-electron chi connectivity index (χ4n) is 3.69. The Morgan fingerprint density at radius 1 is 1.10 bits per heavy atom. The van der Waals surface area contributed by atoms with Crippen molar-refractivity contribution in [1.82, 2.24) is 10.6 Å². The number of piperidine rings is 1. The van der Waals surface area contributed by atoms with E-state index >= 15 is 0 Å². The van der Waals surface area contributed by atoms with E-state index < -0.39 is 6.04 Å². The predicted molar refractivity (Wildman–Crippen MR) is 114 cm³/mol. The Morgan fingerprint density at radius 3 is 2.31 bits per heavy atom. The van der Waals surface area contributed by atoms with Crippen LogP contribution in [0, 0.1) is 11.3 Å². The minimum atomic E-state index is -0.525. The van der Waals surface area contributed by atoms with Crippen LogP contribution in [-0.2, 0) is 17.6 Å². The van der Waals surface area contributed by atoms with Gasteiger partial charge in [-0.3, -0.25) is 4.79 Å². The molecule has 3 rings (SSSR count). The first-order valence-corrected chi connectivity index (χ1v) is 10.4. The van der Waals surface area contributed by atoms with Crippen LogP contribution in [0.2, 0.25) is 0 Å². The summed E-state index contributed by atoms with van der Waals surface area (Å²) in [5, 5.41) is 24.5.